The zero-order valence-corrected chi connectivity index (χ0v) is 22.4. The Morgan fingerprint density at radius 2 is 1.72 bits per heavy atom. The van der Waals surface area contributed by atoms with Gasteiger partial charge in [-0.05, 0) is 53.9 Å². The van der Waals surface area contributed by atoms with Gasteiger partial charge >= 0.3 is 0 Å². The summed E-state index contributed by atoms with van der Waals surface area (Å²) < 4.78 is 5.38. The minimum Gasteiger partial charge on any atom is -0.497 e. The van der Waals surface area contributed by atoms with Crippen molar-refractivity contribution in [2.75, 3.05) is 19.4 Å². The van der Waals surface area contributed by atoms with Crippen molar-refractivity contribution in [2.24, 2.45) is 0 Å². The van der Waals surface area contributed by atoms with Crippen LogP contribution in [0.3, 0.4) is 0 Å². The summed E-state index contributed by atoms with van der Waals surface area (Å²) in [5, 5.41) is 3.70. The summed E-state index contributed by atoms with van der Waals surface area (Å²) in [6.07, 6.45) is 2.30. The van der Waals surface area contributed by atoms with E-state index in [-0.39, 0.29) is 17.6 Å². The number of ether oxygens (including phenoxy) is 1. The number of nitrogens with zero attached hydrogens (tertiary/aromatic N) is 1. The van der Waals surface area contributed by atoms with Crippen LogP contribution in [0.2, 0.25) is 5.02 Å². The molecule has 1 N–H and O–H groups in total. The Morgan fingerprint density at radius 1 is 1.00 bits per heavy atom. The third-order valence-electron chi connectivity index (χ3n) is 5.76. The molecule has 5 nitrogen and oxygen atoms in total. The highest BCUT2D eigenvalue weighted by atomic mass is 35.5. The molecule has 36 heavy (non-hydrogen) atoms. The van der Waals surface area contributed by atoms with Gasteiger partial charge in [0.2, 0.25) is 11.8 Å². The van der Waals surface area contributed by atoms with E-state index in [1.807, 2.05) is 78.9 Å². The first kappa shape index (κ1) is 27.6. The van der Waals surface area contributed by atoms with Crippen LogP contribution in [0, 0.1) is 0 Å². The molecule has 1 atom stereocenters. The minimum atomic E-state index is -0.645. The third-order valence-corrected chi connectivity index (χ3v) is 7.01. The van der Waals surface area contributed by atoms with Gasteiger partial charge < -0.3 is 15.0 Å². The van der Waals surface area contributed by atoms with Gasteiger partial charge in [-0.15, -0.1) is 11.8 Å². The van der Waals surface area contributed by atoms with Gasteiger partial charge in [0.15, 0.2) is 0 Å². The predicted octanol–water partition coefficient (Wildman–Crippen LogP) is 6.00. The van der Waals surface area contributed by atoms with E-state index in [0.29, 0.717) is 30.3 Å². The molecule has 7 heteroatoms. The number of hydrogen-bond donors (Lipinski definition) is 1. The molecule has 0 saturated heterocycles. The van der Waals surface area contributed by atoms with Crippen molar-refractivity contribution < 1.29 is 14.3 Å². The fourth-order valence-corrected chi connectivity index (χ4v) is 4.70. The Bertz CT molecular complexity index is 1110. The van der Waals surface area contributed by atoms with E-state index >= 15 is 0 Å². The van der Waals surface area contributed by atoms with Crippen molar-refractivity contribution in [3.05, 3.63) is 95.0 Å². The van der Waals surface area contributed by atoms with Gasteiger partial charge in [0.25, 0.3) is 0 Å². The van der Waals surface area contributed by atoms with Crippen LogP contribution in [0.1, 0.15) is 30.9 Å². The zero-order chi connectivity index (χ0) is 25.8. The molecule has 0 radical (unpaired) electrons. The highest BCUT2D eigenvalue weighted by Crippen LogP contribution is 2.23. The van der Waals surface area contributed by atoms with Crippen LogP contribution in [0.5, 0.6) is 5.75 Å². The van der Waals surface area contributed by atoms with Crippen molar-refractivity contribution >= 4 is 35.2 Å². The minimum absolute atomic E-state index is 0.107. The maximum Gasteiger partial charge on any atom is 0.243 e. The number of carbonyl (C=O) groups excluding carboxylic acids is 2. The maximum absolute atomic E-state index is 13.7. The number of hydrogen-bond acceptors (Lipinski definition) is 4. The first-order valence-electron chi connectivity index (χ1n) is 12.1. The van der Waals surface area contributed by atoms with Gasteiger partial charge in [-0.25, -0.2) is 0 Å². The lowest BCUT2D eigenvalue weighted by Gasteiger charge is -2.31. The van der Waals surface area contributed by atoms with Crippen molar-refractivity contribution in [2.45, 2.75) is 43.7 Å². The van der Waals surface area contributed by atoms with Gasteiger partial charge in [0.1, 0.15) is 11.8 Å². The van der Waals surface area contributed by atoms with Crippen LogP contribution in [-0.4, -0.2) is 42.2 Å². The number of benzene rings is 3. The Hall–Kier alpha value is -2.96. The van der Waals surface area contributed by atoms with Crippen molar-refractivity contribution in [1.29, 1.82) is 0 Å². The number of carbonyl (C=O) groups is 2. The summed E-state index contributed by atoms with van der Waals surface area (Å²) in [5.41, 5.74) is 1.90. The highest BCUT2D eigenvalue weighted by molar-refractivity contribution is 8.00. The van der Waals surface area contributed by atoms with Crippen LogP contribution in [0.4, 0.5) is 0 Å². The summed E-state index contributed by atoms with van der Waals surface area (Å²) in [7, 11) is 1.62. The average Bonchev–Trinajstić information content (AvgIpc) is 2.91. The summed E-state index contributed by atoms with van der Waals surface area (Å²) in [6, 6.07) is 24.2. The molecule has 0 fully saturated rings. The molecule has 0 heterocycles. The summed E-state index contributed by atoms with van der Waals surface area (Å²) >= 11 is 7.44. The maximum atomic E-state index is 13.7. The molecule has 3 aromatic carbocycles. The van der Waals surface area contributed by atoms with Crippen LogP contribution in [-0.2, 0) is 22.6 Å². The summed E-state index contributed by atoms with van der Waals surface area (Å²) in [6.45, 7) is 2.97. The summed E-state index contributed by atoms with van der Waals surface area (Å²) in [5.74, 6) is 0.672. The van der Waals surface area contributed by atoms with Crippen molar-refractivity contribution in [1.82, 2.24) is 10.2 Å². The topological polar surface area (TPSA) is 58.6 Å². The zero-order valence-electron chi connectivity index (χ0n) is 20.8. The number of rotatable bonds is 13. The van der Waals surface area contributed by atoms with Gasteiger partial charge in [-0.2, -0.15) is 0 Å². The fourth-order valence-electron chi connectivity index (χ4n) is 3.79. The second-order valence-corrected chi connectivity index (χ2v) is 9.95. The standard InChI is InChI=1S/C29H33ClN2O3S/c1-3-4-17-31-29(34)27(19-22-9-6-5-7-10-22)32(20-23-11-8-12-25(18-23)35-2)28(33)21-36-26-15-13-24(30)14-16-26/h5-16,18,27H,3-4,17,19-21H2,1-2H3,(H,31,34)/t27-/m1/s1. The number of methoxy groups -OCH3 is 1. The number of amides is 2. The normalized spacial score (nSPS) is 11.5. The summed E-state index contributed by atoms with van der Waals surface area (Å²) in [4.78, 5) is 29.8. The number of halogens is 1. The number of nitrogens with one attached hydrogen (secondary N) is 1. The molecule has 0 spiro atoms. The molecule has 0 aromatic heterocycles. The van der Waals surface area contributed by atoms with Gasteiger partial charge in [0, 0.05) is 29.4 Å². The van der Waals surface area contributed by atoms with E-state index in [4.69, 9.17) is 16.3 Å². The van der Waals surface area contributed by atoms with Crippen LogP contribution in [0.25, 0.3) is 0 Å². The van der Waals surface area contributed by atoms with E-state index in [1.54, 1.807) is 12.0 Å². The van der Waals surface area contributed by atoms with Gasteiger partial charge in [-0.3, -0.25) is 9.59 Å². The molecule has 3 rings (SSSR count). The molecule has 190 valence electrons. The molecule has 2 amide bonds. The quantitative estimate of drug-likeness (QED) is 0.220. The lowest BCUT2D eigenvalue weighted by Crippen LogP contribution is -2.51. The molecular weight excluding hydrogens is 492 g/mol. The predicted molar refractivity (Wildman–Crippen MR) is 148 cm³/mol. The second kappa shape index (κ2) is 14.6. The van der Waals surface area contributed by atoms with Crippen LogP contribution in [0.15, 0.2) is 83.8 Å². The third kappa shape index (κ3) is 8.61. The van der Waals surface area contributed by atoms with Crippen molar-refractivity contribution in [3.8, 4) is 5.75 Å². The van der Waals surface area contributed by atoms with E-state index in [9.17, 15) is 9.59 Å². The van der Waals surface area contributed by atoms with E-state index in [2.05, 4.69) is 12.2 Å². The molecule has 0 saturated carbocycles. The van der Waals surface area contributed by atoms with Crippen LogP contribution >= 0.6 is 23.4 Å². The number of thioether (sulfide) groups is 1. The Kier molecular flexibility index (Phi) is 11.2. The largest absolute Gasteiger partial charge is 0.497 e. The van der Waals surface area contributed by atoms with E-state index < -0.39 is 6.04 Å². The molecule has 0 aliphatic carbocycles. The lowest BCUT2D eigenvalue weighted by atomic mass is 10.0. The van der Waals surface area contributed by atoms with Crippen LogP contribution < -0.4 is 10.1 Å². The fraction of sp³-hybridized carbons (Fsp3) is 0.310. The van der Waals surface area contributed by atoms with E-state index in [0.717, 1.165) is 28.9 Å². The van der Waals surface area contributed by atoms with Gasteiger partial charge in [-0.1, -0.05) is 67.4 Å². The monoisotopic (exact) mass is 524 g/mol. The first-order valence-corrected chi connectivity index (χ1v) is 13.5. The molecule has 3 aromatic rings. The lowest BCUT2D eigenvalue weighted by molar-refractivity contribution is -0.139. The molecule has 0 aliphatic heterocycles. The first-order chi connectivity index (χ1) is 17.5. The Balaban J connectivity index is 1.89. The number of unbranched alkanes of at least 4 members (excludes halogenated alkanes) is 1. The highest BCUT2D eigenvalue weighted by Gasteiger charge is 2.30. The molecular formula is C29H33ClN2O3S. The SMILES string of the molecule is CCCCNC(=O)[C@@H](Cc1ccccc1)N(Cc1cccc(OC)c1)C(=O)CSc1ccc(Cl)cc1. The van der Waals surface area contributed by atoms with Crippen molar-refractivity contribution in [3.63, 3.8) is 0 Å². The molecule has 0 aliphatic rings. The van der Waals surface area contributed by atoms with E-state index in [1.165, 1.54) is 11.8 Å². The Labute approximate surface area is 223 Å². The molecule has 0 unspecified atom stereocenters. The average molecular weight is 525 g/mol. The van der Waals surface area contributed by atoms with Gasteiger partial charge in [0.05, 0.1) is 12.9 Å². The Morgan fingerprint density at radius 3 is 2.42 bits per heavy atom. The second-order valence-electron chi connectivity index (χ2n) is 8.47. The smallest absolute Gasteiger partial charge is 0.243 e. The molecule has 0 bridgehead atoms.